The third kappa shape index (κ3) is 8.26. The van der Waals surface area contributed by atoms with Crippen molar-refractivity contribution in [2.45, 2.75) is 45.8 Å². The molecular formula is C39H43N5O3. The van der Waals surface area contributed by atoms with Crippen LogP contribution in [0, 0.1) is 6.92 Å². The van der Waals surface area contributed by atoms with Crippen LogP contribution in [0.25, 0.3) is 10.9 Å². The number of carbonyl (C=O) groups is 2. The van der Waals surface area contributed by atoms with E-state index in [0.29, 0.717) is 38.3 Å². The van der Waals surface area contributed by atoms with Crippen LogP contribution >= 0.6 is 0 Å². The van der Waals surface area contributed by atoms with Crippen molar-refractivity contribution in [1.29, 1.82) is 0 Å². The molecule has 47 heavy (non-hydrogen) atoms. The molecule has 0 unspecified atom stereocenters. The van der Waals surface area contributed by atoms with Crippen molar-refractivity contribution < 1.29 is 14.3 Å². The predicted molar refractivity (Wildman–Crippen MR) is 186 cm³/mol. The van der Waals surface area contributed by atoms with E-state index in [4.69, 9.17) is 4.74 Å². The fraction of sp³-hybridized carbons (Fsp3) is 0.308. The van der Waals surface area contributed by atoms with Crippen LogP contribution < -0.4 is 9.64 Å². The highest BCUT2D eigenvalue weighted by molar-refractivity contribution is 5.96. The highest BCUT2D eigenvalue weighted by atomic mass is 16.5. The number of amides is 2. The van der Waals surface area contributed by atoms with E-state index in [-0.39, 0.29) is 18.4 Å². The lowest BCUT2D eigenvalue weighted by Crippen LogP contribution is -2.41. The fourth-order valence-corrected chi connectivity index (χ4v) is 6.44. The number of hydrogen-bond donors (Lipinski definition) is 0. The first-order valence-electron chi connectivity index (χ1n) is 16.6. The molecule has 1 aliphatic rings. The molecule has 5 aromatic rings. The van der Waals surface area contributed by atoms with Gasteiger partial charge < -0.3 is 14.5 Å². The second kappa shape index (κ2) is 15.6. The quantitative estimate of drug-likeness (QED) is 0.197. The van der Waals surface area contributed by atoms with Gasteiger partial charge in [0.1, 0.15) is 5.75 Å². The Hall–Kier alpha value is -4.95. The minimum Gasteiger partial charge on any atom is -0.484 e. The third-order valence-corrected chi connectivity index (χ3v) is 8.81. The topological polar surface area (TPSA) is 70.9 Å². The maximum Gasteiger partial charge on any atom is 0.264 e. The molecule has 0 saturated heterocycles. The average Bonchev–Trinajstić information content (AvgIpc) is 3.51. The van der Waals surface area contributed by atoms with Gasteiger partial charge in [0, 0.05) is 51.1 Å². The zero-order valence-corrected chi connectivity index (χ0v) is 27.1. The molecule has 1 aliphatic heterocycles. The van der Waals surface area contributed by atoms with E-state index in [2.05, 4.69) is 40.3 Å². The lowest BCUT2D eigenvalue weighted by molar-refractivity contribution is -0.132. The summed E-state index contributed by atoms with van der Waals surface area (Å²) < 4.78 is 7.84. The van der Waals surface area contributed by atoms with E-state index >= 15 is 0 Å². The number of ether oxygens (including phenoxy) is 1. The number of fused-ring (bicyclic) bond motifs is 2. The van der Waals surface area contributed by atoms with Gasteiger partial charge in [0.15, 0.2) is 6.61 Å². The monoisotopic (exact) mass is 629 g/mol. The van der Waals surface area contributed by atoms with E-state index in [0.717, 1.165) is 60.2 Å². The second-order valence-corrected chi connectivity index (χ2v) is 12.2. The van der Waals surface area contributed by atoms with Crippen LogP contribution in [-0.2, 0) is 29.2 Å². The Morgan fingerprint density at radius 1 is 0.766 bits per heavy atom. The van der Waals surface area contributed by atoms with Crippen LogP contribution in [0.5, 0.6) is 5.75 Å². The molecule has 0 aliphatic carbocycles. The summed E-state index contributed by atoms with van der Waals surface area (Å²) in [5.74, 6) is 0.643. The van der Waals surface area contributed by atoms with E-state index < -0.39 is 0 Å². The van der Waals surface area contributed by atoms with Crippen LogP contribution in [0.1, 0.15) is 36.0 Å². The van der Waals surface area contributed by atoms with Gasteiger partial charge in [-0.25, -0.2) is 0 Å². The molecule has 0 bridgehead atoms. The Kier molecular flexibility index (Phi) is 10.6. The largest absolute Gasteiger partial charge is 0.484 e. The van der Waals surface area contributed by atoms with Gasteiger partial charge in [-0.05, 0) is 54.7 Å². The van der Waals surface area contributed by atoms with Crippen molar-refractivity contribution in [3.05, 3.63) is 126 Å². The third-order valence-electron chi connectivity index (χ3n) is 8.81. The van der Waals surface area contributed by atoms with Gasteiger partial charge >= 0.3 is 0 Å². The van der Waals surface area contributed by atoms with Crippen molar-refractivity contribution in [2.24, 2.45) is 0 Å². The summed E-state index contributed by atoms with van der Waals surface area (Å²) in [5.41, 5.74) is 5.13. The Morgan fingerprint density at radius 3 is 2.30 bits per heavy atom. The molecule has 2 amide bonds. The van der Waals surface area contributed by atoms with Crippen LogP contribution in [0.15, 0.2) is 109 Å². The number of aromatic nitrogens is 2. The molecule has 242 valence electrons. The van der Waals surface area contributed by atoms with E-state index in [1.54, 1.807) is 0 Å². The summed E-state index contributed by atoms with van der Waals surface area (Å²) in [6, 6.07) is 34.1. The molecule has 8 heteroatoms. The molecule has 0 spiro atoms. The highest BCUT2D eigenvalue weighted by Crippen LogP contribution is 2.28. The zero-order chi connectivity index (χ0) is 32.4. The molecule has 0 radical (unpaired) electrons. The average molecular weight is 630 g/mol. The molecule has 0 saturated carbocycles. The number of rotatable bonds is 8. The van der Waals surface area contributed by atoms with Crippen molar-refractivity contribution in [2.75, 3.05) is 37.7 Å². The van der Waals surface area contributed by atoms with Gasteiger partial charge in [0.25, 0.3) is 5.91 Å². The molecule has 0 N–H and O–H groups in total. The van der Waals surface area contributed by atoms with Crippen LogP contribution in [-0.4, -0.2) is 64.2 Å². The van der Waals surface area contributed by atoms with Gasteiger partial charge in [-0.3, -0.25) is 19.2 Å². The van der Waals surface area contributed by atoms with Crippen molar-refractivity contribution in [3.63, 3.8) is 0 Å². The van der Waals surface area contributed by atoms with Crippen molar-refractivity contribution in [1.82, 2.24) is 19.6 Å². The Morgan fingerprint density at radius 2 is 1.49 bits per heavy atom. The molecule has 1 aromatic heterocycles. The first-order chi connectivity index (χ1) is 23.0. The fourth-order valence-electron chi connectivity index (χ4n) is 6.44. The van der Waals surface area contributed by atoms with Crippen LogP contribution in [0.4, 0.5) is 5.69 Å². The zero-order valence-electron chi connectivity index (χ0n) is 27.1. The lowest BCUT2D eigenvalue weighted by atomic mass is 10.0. The number of para-hydroxylation sites is 3. The number of aryl methyl sites for hydroxylation is 2. The number of anilines is 1. The van der Waals surface area contributed by atoms with E-state index in [9.17, 15) is 9.59 Å². The van der Waals surface area contributed by atoms with Gasteiger partial charge in [0.2, 0.25) is 5.91 Å². The lowest BCUT2D eigenvalue weighted by Gasteiger charge is -2.32. The van der Waals surface area contributed by atoms with Crippen LogP contribution in [0.3, 0.4) is 0 Å². The molecule has 0 fully saturated rings. The van der Waals surface area contributed by atoms with E-state index in [1.807, 2.05) is 100 Å². The Bertz CT molecular complexity index is 1770. The minimum atomic E-state index is -0.0977. The second-order valence-electron chi connectivity index (χ2n) is 12.2. The number of benzene rings is 4. The first kappa shape index (κ1) is 32.0. The standard InChI is InChI=1S/C39H43N5O3/c1-31-13-10-17-34-29-42(37(45)21-26-44-36-20-9-8-16-33(36)27-40-44)24-11-22-41(28-32-14-4-2-5-15-32)23-12-25-43(39(31)34)38(46)30-47-35-18-6-3-7-19-35/h2-10,13-20,27H,11-12,21-26,28-30H2,1H3. The molecule has 0 atom stereocenters. The van der Waals surface area contributed by atoms with Gasteiger partial charge in [-0.15, -0.1) is 0 Å². The maximum absolute atomic E-state index is 14.0. The highest BCUT2D eigenvalue weighted by Gasteiger charge is 2.25. The first-order valence-corrected chi connectivity index (χ1v) is 16.6. The van der Waals surface area contributed by atoms with Gasteiger partial charge in [0.05, 0.1) is 23.9 Å². The maximum atomic E-state index is 14.0. The Labute approximate surface area is 277 Å². The molecule has 4 aromatic carbocycles. The molecular weight excluding hydrogens is 586 g/mol. The number of hydrogen-bond acceptors (Lipinski definition) is 5. The normalized spacial score (nSPS) is 14.7. The van der Waals surface area contributed by atoms with Gasteiger partial charge in [-0.2, -0.15) is 5.10 Å². The van der Waals surface area contributed by atoms with Crippen molar-refractivity contribution in [3.8, 4) is 5.75 Å². The Balaban J connectivity index is 1.26. The summed E-state index contributed by atoms with van der Waals surface area (Å²) in [4.78, 5) is 34.2. The van der Waals surface area contributed by atoms with Crippen molar-refractivity contribution >= 4 is 28.4 Å². The SMILES string of the molecule is Cc1cccc2c1N(C(=O)COc1ccccc1)CCCN(Cc1ccccc1)CCCN(C(=O)CCn1ncc3ccccc31)C2. The van der Waals surface area contributed by atoms with Crippen LogP contribution in [0.2, 0.25) is 0 Å². The summed E-state index contributed by atoms with van der Waals surface area (Å²) >= 11 is 0. The molecule has 2 heterocycles. The minimum absolute atomic E-state index is 0.0635. The van der Waals surface area contributed by atoms with E-state index in [1.165, 1.54) is 5.56 Å². The predicted octanol–water partition coefficient (Wildman–Crippen LogP) is 6.47. The molecule has 6 rings (SSSR count). The van der Waals surface area contributed by atoms with Gasteiger partial charge in [-0.1, -0.05) is 84.9 Å². The number of carbonyl (C=O) groups excluding carboxylic acids is 2. The summed E-state index contributed by atoms with van der Waals surface area (Å²) in [6.45, 7) is 6.60. The number of nitrogens with zero attached hydrogens (tertiary/aromatic N) is 5. The summed E-state index contributed by atoms with van der Waals surface area (Å²) in [7, 11) is 0. The smallest absolute Gasteiger partial charge is 0.264 e. The molecule has 8 nitrogen and oxygen atoms in total. The summed E-state index contributed by atoms with van der Waals surface area (Å²) in [6.07, 6.45) is 3.87. The summed E-state index contributed by atoms with van der Waals surface area (Å²) in [5, 5.41) is 5.61.